The molecular formula is C14H23N3O3S. The molecule has 7 heteroatoms. The molecule has 0 bridgehead atoms. The molecule has 6 nitrogen and oxygen atoms in total. The summed E-state index contributed by atoms with van der Waals surface area (Å²) in [5.74, 6) is -0.445. The molecule has 0 radical (unpaired) electrons. The Morgan fingerprint density at radius 3 is 2.57 bits per heavy atom. The summed E-state index contributed by atoms with van der Waals surface area (Å²) in [6, 6.07) is -0.267. The average molecular weight is 313 g/mol. The van der Waals surface area contributed by atoms with Crippen LogP contribution in [0.4, 0.5) is 9.93 Å². The maximum atomic E-state index is 11.7. The van der Waals surface area contributed by atoms with Gasteiger partial charge in [0.2, 0.25) is 0 Å². The second-order valence-electron chi connectivity index (χ2n) is 5.04. The number of aryl methyl sites for hydroxylation is 2. The first-order valence-corrected chi connectivity index (χ1v) is 7.94. The molecule has 0 saturated heterocycles. The highest BCUT2D eigenvalue weighted by Crippen LogP contribution is 2.20. The zero-order chi connectivity index (χ0) is 15.8. The maximum absolute atomic E-state index is 11.7. The summed E-state index contributed by atoms with van der Waals surface area (Å²) in [5.41, 5.74) is 0.926. The van der Waals surface area contributed by atoms with E-state index in [4.69, 9.17) is 5.11 Å². The van der Waals surface area contributed by atoms with Crippen molar-refractivity contribution >= 4 is 28.5 Å². The molecule has 0 aliphatic rings. The quantitative estimate of drug-likeness (QED) is 0.687. The van der Waals surface area contributed by atoms with Gasteiger partial charge in [-0.25, -0.2) is 9.78 Å². The summed E-state index contributed by atoms with van der Waals surface area (Å²) >= 11 is 1.45. The third kappa shape index (κ3) is 6.57. The SMILES string of the molecule is CCC(CCNC(=O)Nc1nc(C)c(C)s1)CCC(=O)O. The first kappa shape index (κ1) is 17.4. The van der Waals surface area contributed by atoms with Crippen LogP contribution in [0.5, 0.6) is 0 Å². The summed E-state index contributed by atoms with van der Waals surface area (Å²) in [4.78, 5) is 27.6. The number of aromatic nitrogens is 1. The van der Waals surface area contributed by atoms with E-state index in [0.717, 1.165) is 23.4 Å². The van der Waals surface area contributed by atoms with Gasteiger partial charge in [-0.15, -0.1) is 11.3 Å². The number of hydrogen-bond acceptors (Lipinski definition) is 4. The molecule has 118 valence electrons. The number of carbonyl (C=O) groups excluding carboxylic acids is 1. The van der Waals surface area contributed by atoms with Gasteiger partial charge in [0, 0.05) is 17.8 Å². The third-order valence-corrected chi connectivity index (χ3v) is 4.42. The minimum absolute atomic E-state index is 0.183. The van der Waals surface area contributed by atoms with E-state index in [1.807, 2.05) is 20.8 Å². The minimum atomic E-state index is -0.770. The highest BCUT2D eigenvalue weighted by atomic mass is 32.1. The Kier molecular flexibility index (Phi) is 7.14. The molecule has 3 N–H and O–H groups in total. The fourth-order valence-corrected chi connectivity index (χ4v) is 2.75. The fraction of sp³-hybridized carbons (Fsp3) is 0.643. The zero-order valence-electron chi connectivity index (χ0n) is 12.7. The lowest BCUT2D eigenvalue weighted by Gasteiger charge is -2.13. The molecule has 1 heterocycles. The Labute approximate surface area is 129 Å². The lowest BCUT2D eigenvalue weighted by atomic mass is 9.97. The highest BCUT2D eigenvalue weighted by Gasteiger charge is 2.11. The maximum Gasteiger partial charge on any atom is 0.321 e. The Bertz CT molecular complexity index is 468. The van der Waals surface area contributed by atoms with Crippen LogP contribution in [0.2, 0.25) is 0 Å². The number of nitrogens with zero attached hydrogens (tertiary/aromatic N) is 1. The number of carboxylic acid groups (broad SMARTS) is 1. The number of nitrogens with one attached hydrogen (secondary N) is 2. The van der Waals surface area contributed by atoms with Crippen LogP contribution in [0.15, 0.2) is 0 Å². The molecule has 0 fully saturated rings. The molecule has 0 aliphatic carbocycles. The normalized spacial score (nSPS) is 12.0. The number of thiazole rings is 1. The molecule has 1 aromatic rings. The number of amides is 2. The van der Waals surface area contributed by atoms with E-state index in [2.05, 4.69) is 15.6 Å². The summed E-state index contributed by atoms with van der Waals surface area (Å²) in [7, 11) is 0. The van der Waals surface area contributed by atoms with Gasteiger partial charge in [-0.05, 0) is 32.6 Å². The van der Waals surface area contributed by atoms with Crippen LogP contribution in [0.3, 0.4) is 0 Å². The van der Waals surface area contributed by atoms with Gasteiger partial charge in [-0.2, -0.15) is 0 Å². The molecule has 0 spiro atoms. The van der Waals surface area contributed by atoms with Crippen molar-refractivity contribution in [1.82, 2.24) is 10.3 Å². The summed E-state index contributed by atoms with van der Waals surface area (Å²) in [6.07, 6.45) is 2.54. The number of carbonyl (C=O) groups is 2. The minimum Gasteiger partial charge on any atom is -0.481 e. The standard InChI is InChI=1S/C14H23N3O3S/c1-4-11(5-6-12(18)19)7-8-15-13(20)17-14-16-9(2)10(3)21-14/h11H,4-8H2,1-3H3,(H,18,19)(H2,15,16,17,20). The number of aliphatic carboxylic acids is 1. The first-order chi connectivity index (χ1) is 9.92. The third-order valence-electron chi connectivity index (χ3n) is 3.43. The molecule has 2 amide bonds. The largest absolute Gasteiger partial charge is 0.481 e. The van der Waals surface area contributed by atoms with E-state index < -0.39 is 5.97 Å². The molecular weight excluding hydrogens is 290 g/mol. The van der Waals surface area contributed by atoms with Crippen LogP contribution in [0.1, 0.15) is 43.2 Å². The van der Waals surface area contributed by atoms with Crippen molar-refractivity contribution in [2.75, 3.05) is 11.9 Å². The topological polar surface area (TPSA) is 91.3 Å². The summed E-state index contributed by atoms with van der Waals surface area (Å²) < 4.78 is 0. The molecule has 0 aromatic carbocycles. The second kappa shape index (κ2) is 8.61. The Morgan fingerprint density at radius 1 is 1.33 bits per heavy atom. The molecule has 0 aliphatic heterocycles. The van der Waals surface area contributed by atoms with Crippen molar-refractivity contribution < 1.29 is 14.7 Å². The smallest absolute Gasteiger partial charge is 0.321 e. The van der Waals surface area contributed by atoms with Crippen LogP contribution in [0.25, 0.3) is 0 Å². The van der Waals surface area contributed by atoms with Crippen molar-refractivity contribution in [3.8, 4) is 0 Å². The molecule has 1 atom stereocenters. The average Bonchev–Trinajstić information content (AvgIpc) is 2.71. The van der Waals surface area contributed by atoms with E-state index in [9.17, 15) is 9.59 Å². The second-order valence-corrected chi connectivity index (χ2v) is 6.24. The molecule has 0 saturated carbocycles. The van der Waals surface area contributed by atoms with Gasteiger partial charge in [0.15, 0.2) is 5.13 Å². The van der Waals surface area contributed by atoms with Gasteiger partial charge in [0.1, 0.15) is 0 Å². The predicted octanol–water partition coefficient (Wildman–Crippen LogP) is 3.16. The Morgan fingerprint density at radius 2 is 2.05 bits per heavy atom. The van der Waals surface area contributed by atoms with Gasteiger partial charge >= 0.3 is 12.0 Å². The van der Waals surface area contributed by atoms with Crippen molar-refractivity contribution in [1.29, 1.82) is 0 Å². The van der Waals surface area contributed by atoms with Gasteiger partial charge in [-0.1, -0.05) is 13.3 Å². The van der Waals surface area contributed by atoms with Crippen LogP contribution in [-0.4, -0.2) is 28.6 Å². The van der Waals surface area contributed by atoms with Crippen LogP contribution in [-0.2, 0) is 4.79 Å². The lowest BCUT2D eigenvalue weighted by molar-refractivity contribution is -0.137. The Hall–Kier alpha value is -1.63. The summed E-state index contributed by atoms with van der Waals surface area (Å²) in [6.45, 7) is 6.44. The first-order valence-electron chi connectivity index (χ1n) is 7.13. The molecule has 1 rings (SSSR count). The van der Waals surface area contributed by atoms with E-state index in [0.29, 0.717) is 24.0 Å². The van der Waals surface area contributed by atoms with E-state index in [1.54, 1.807) is 0 Å². The van der Waals surface area contributed by atoms with Crippen LogP contribution < -0.4 is 10.6 Å². The van der Waals surface area contributed by atoms with Gasteiger partial charge in [0.05, 0.1) is 5.69 Å². The van der Waals surface area contributed by atoms with Gasteiger partial charge < -0.3 is 10.4 Å². The number of anilines is 1. The number of urea groups is 1. The number of hydrogen-bond donors (Lipinski definition) is 3. The zero-order valence-corrected chi connectivity index (χ0v) is 13.5. The Balaban J connectivity index is 2.27. The van der Waals surface area contributed by atoms with Crippen molar-refractivity contribution in [2.45, 2.75) is 46.5 Å². The van der Waals surface area contributed by atoms with Gasteiger partial charge in [-0.3, -0.25) is 10.1 Å². The molecule has 21 heavy (non-hydrogen) atoms. The number of rotatable bonds is 8. The highest BCUT2D eigenvalue weighted by molar-refractivity contribution is 7.15. The van der Waals surface area contributed by atoms with Gasteiger partial charge in [0.25, 0.3) is 0 Å². The van der Waals surface area contributed by atoms with E-state index in [1.165, 1.54) is 11.3 Å². The molecule has 1 unspecified atom stereocenters. The molecule has 1 aromatic heterocycles. The number of carboxylic acids is 1. The summed E-state index contributed by atoms with van der Waals surface area (Å²) in [5, 5.41) is 14.8. The van der Waals surface area contributed by atoms with E-state index >= 15 is 0 Å². The van der Waals surface area contributed by atoms with Crippen molar-refractivity contribution in [2.24, 2.45) is 5.92 Å². The van der Waals surface area contributed by atoms with E-state index in [-0.39, 0.29) is 12.5 Å². The predicted molar refractivity (Wildman–Crippen MR) is 83.9 cm³/mol. The van der Waals surface area contributed by atoms with Crippen molar-refractivity contribution in [3.05, 3.63) is 10.6 Å². The van der Waals surface area contributed by atoms with Crippen molar-refractivity contribution in [3.63, 3.8) is 0 Å². The monoisotopic (exact) mass is 313 g/mol. The fourth-order valence-electron chi connectivity index (χ4n) is 1.94. The van der Waals surface area contributed by atoms with Crippen LogP contribution in [0, 0.1) is 19.8 Å². The van der Waals surface area contributed by atoms with Crippen LogP contribution >= 0.6 is 11.3 Å². The lowest BCUT2D eigenvalue weighted by Crippen LogP contribution is -2.30.